The van der Waals surface area contributed by atoms with Gasteiger partial charge in [-0.1, -0.05) is 30.3 Å². The Morgan fingerprint density at radius 1 is 1.06 bits per heavy atom. The van der Waals surface area contributed by atoms with Crippen molar-refractivity contribution in [2.45, 2.75) is 37.1 Å². The van der Waals surface area contributed by atoms with E-state index in [0.717, 1.165) is 29.8 Å². The summed E-state index contributed by atoms with van der Waals surface area (Å²) in [5, 5.41) is 7.93. The zero-order valence-electron chi connectivity index (χ0n) is 16.9. The lowest BCUT2D eigenvalue weighted by molar-refractivity contribution is -0.147. The number of nitrogens with zero attached hydrogens (tertiary/aromatic N) is 1. The Bertz CT molecular complexity index is 1010. The van der Waals surface area contributed by atoms with Crippen LogP contribution in [0.1, 0.15) is 17.5 Å². The van der Waals surface area contributed by atoms with Gasteiger partial charge < -0.3 is 20.9 Å². The van der Waals surface area contributed by atoms with Crippen molar-refractivity contribution in [1.82, 2.24) is 15.5 Å². The van der Waals surface area contributed by atoms with E-state index in [1.165, 1.54) is 4.90 Å². The number of fused-ring (bicyclic) bond motifs is 1. The number of anilines is 1. The fourth-order valence-electron chi connectivity index (χ4n) is 4.05. The van der Waals surface area contributed by atoms with Gasteiger partial charge in [0.1, 0.15) is 12.1 Å². The molecule has 0 bridgehead atoms. The normalized spacial score (nSPS) is 22.8. The summed E-state index contributed by atoms with van der Waals surface area (Å²) >= 11 is 0. The fraction of sp³-hybridized carbons (Fsp3) is 0.318. The second-order valence-corrected chi connectivity index (χ2v) is 7.86. The molecule has 0 saturated carbocycles. The van der Waals surface area contributed by atoms with Gasteiger partial charge in [-0.15, -0.1) is 0 Å². The minimum Gasteiger partial charge on any atom is -0.342 e. The molecule has 10 heteroatoms. The molecule has 2 aliphatic heterocycles. The molecule has 168 valence electrons. The lowest BCUT2D eigenvalue weighted by Crippen LogP contribution is -2.61. The average Bonchev–Trinajstić information content (AvgIpc) is 3.17. The maximum atomic E-state index is 12.9. The first kappa shape index (κ1) is 21.7. The number of halogens is 3. The van der Waals surface area contributed by atoms with Gasteiger partial charge in [0.15, 0.2) is 0 Å². The van der Waals surface area contributed by atoms with Gasteiger partial charge in [0.2, 0.25) is 11.8 Å². The first-order chi connectivity index (χ1) is 15.2. The van der Waals surface area contributed by atoms with Crippen LogP contribution in [-0.2, 0) is 22.2 Å². The van der Waals surface area contributed by atoms with E-state index in [4.69, 9.17) is 0 Å². The zero-order chi connectivity index (χ0) is 22.9. The summed E-state index contributed by atoms with van der Waals surface area (Å²) in [5.74, 6) is -0.469. The topological polar surface area (TPSA) is 90.5 Å². The predicted molar refractivity (Wildman–Crippen MR) is 110 cm³/mol. The summed E-state index contributed by atoms with van der Waals surface area (Å²) in [4.78, 5) is 39.2. The Kier molecular flexibility index (Phi) is 5.77. The molecule has 4 amide bonds. The number of urea groups is 1. The van der Waals surface area contributed by atoms with Crippen molar-refractivity contribution in [1.29, 1.82) is 0 Å². The lowest BCUT2D eigenvalue weighted by atomic mass is 10.0. The van der Waals surface area contributed by atoms with E-state index in [1.54, 1.807) is 0 Å². The molecule has 3 N–H and O–H groups in total. The monoisotopic (exact) mass is 446 g/mol. The third kappa shape index (κ3) is 4.68. The fourth-order valence-corrected chi connectivity index (χ4v) is 4.05. The van der Waals surface area contributed by atoms with E-state index in [-0.39, 0.29) is 30.5 Å². The first-order valence-corrected chi connectivity index (χ1v) is 10.1. The molecule has 2 fully saturated rings. The maximum Gasteiger partial charge on any atom is 0.416 e. The van der Waals surface area contributed by atoms with E-state index in [1.807, 2.05) is 30.3 Å². The van der Waals surface area contributed by atoms with Crippen molar-refractivity contribution in [3.8, 4) is 0 Å². The Morgan fingerprint density at radius 3 is 2.41 bits per heavy atom. The van der Waals surface area contributed by atoms with Crippen LogP contribution in [-0.4, -0.2) is 47.4 Å². The minimum atomic E-state index is -4.46. The molecule has 2 aliphatic rings. The van der Waals surface area contributed by atoms with Gasteiger partial charge in [-0.2, -0.15) is 13.2 Å². The van der Waals surface area contributed by atoms with Crippen LogP contribution < -0.4 is 16.0 Å². The summed E-state index contributed by atoms with van der Waals surface area (Å²) in [6.45, 7) is 0.183. The standard InChI is InChI=1S/C22H21F3N4O3/c23-22(24,25)14-6-8-15(9-7-14)26-21(32)27-16-11-18-19(30)28-17(20(31)29(18)12-16)10-13-4-2-1-3-5-13/h1-9,16-18H,10-12H2,(H,28,30)(H2,26,27,32)/t16-,17-,18-/m0/s1. The minimum absolute atomic E-state index is 0.183. The Morgan fingerprint density at radius 2 is 1.75 bits per heavy atom. The van der Waals surface area contributed by atoms with Crippen LogP contribution in [0.2, 0.25) is 0 Å². The molecule has 0 spiro atoms. The number of nitrogens with one attached hydrogen (secondary N) is 3. The molecule has 2 aromatic rings. The third-order valence-electron chi connectivity index (χ3n) is 5.59. The van der Waals surface area contributed by atoms with E-state index >= 15 is 0 Å². The second-order valence-electron chi connectivity index (χ2n) is 7.86. The van der Waals surface area contributed by atoms with Crippen LogP contribution in [0, 0.1) is 0 Å². The summed E-state index contributed by atoms with van der Waals surface area (Å²) in [5.41, 5.74) is 0.308. The van der Waals surface area contributed by atoms with Crippen LogP contribution in [0.3, 0.4) is 0 Å². The van der Waals surface area contributed by atoms with Gasteiger partial charge in [0.25, 0.3) is 0 Å². The summed E-state index contributed by atoms with van der Waals surface area (Å²) in [6, 6.07) is 11.0. The molecular formula is C22H21F3N4O3. The molecule has 2 saturated heterocycles. The van der Waals surface area contributed by atoms with E-state index in [0.29, 0.717) is 6.42 Å². The van der Waals surface area contributed by atoms with Crippen molar-refractivity contribution in [3.63, 3.8) is 0 Å². The van der Waals surface area contributed by atoms with Crippen molar-refractivity contribution < 1.29 is 27.6 Å². The molecule has 0 aliphatic carbocycles. The van der Waals surface area contributed by atoms with Gasteiger partial charge in [0.05, 0.1) is 11.6 Å². The van der Waals surface area contributed by atoms with Crippen LogP contribution >= 0.6 is 0 Å². The lowest BCUT2D eigenvalue weighted by Gasteiger charge is -2.34. The number of carbonyl (C=O) groups is 3. The molecule has 2 heterocycles. The van der Waals surface area contributed by atoms with Crippen molar-refractivity contribution in [2.75, 3.05) is 11.9 Å². The van der Waals surface area contributed by atoms with E-state index in [2.05, 4.69) is 16.0 Å². The molecule has 2 aromatic carbocycles. The second kappa shape index (κ2) is 8.52. The number of benzene rings is 2. The van der Waals surface area contributed by atoms with Gasteiger partial charge in [-0.05, 0) is 36.2 Å². The van der Waals surface area contributed by atoms with Gasteiger partial charge in [-0.3, -0.25) is 9.59 Å². The van der Waals surface area contributed by atoms with Gasteiger partial charge in [0, 0.05) is 18.7 Å². The molecule has 0 aromatic heterocycles. The largest absolute Gasteiger partial charge is 0.416 e. The van der Waals surface area contributed by atoms with Crippen LogP contribution in [0.5, 0.6) is 0 Å². The molecule has 4 rings (SSSR count). The van der Waals surface area contributed by atoms with E-state index < -0.39 is 35.9 Å². The SMILES string of the molecule is O=C(Nc1ccc(C(F)(F)F)cc1)N[C@H]1C[C@H]2C(=O)N[C@@H](Cc3ccccc3)C(=O)N2C1. The van der Waals surface area contributed by atoms with Crippen molar-refractivity contribution in [3.05, 3.63) is 65.7 Å². The first-order valence-electron chi connectivity index (χ1n) is 10.1. The Labute approximate surface area is 182 Å². The maximum absolute atomic E-state index is 12.9. The van der Waals surface area contributed by atoms with Gasteiger partial charge >= 0.3 is 12.2 Å². The molecule has 0 radical (unpaired) electrons. The number of carbonyl (C=O) groups excluding carboxylic acids is 3. The molecule has 7 nitrogen and oxygen atoms in total. The molecular weight excluding hydrogens is 425 g/mol. The highest BCUT2D eigenvalue weighted by molar-refractivity contribution is 5.98. The number of hydrogen-bond acceptors (Lipinski definition) is 3. The smallest absolute Gasteiger partial charge is 0.342 e. The van der Waals surface area contributed by atoms with Crippen molar-refractivity contribution >= 4 is 23.5 Å². The summed E-state index contributed by atoms with van der Waals surface area (Å²) in [6.07, 6.45) is -3.82. The highest BCUT2D eigenvalue weighted by atomic mass is 19.4. The number of amides is 4. The Balaban J connectivity index is 1.34. The quantitative estimate of drug-likeness (QED) is 0.674. The Hall–Kier alpha value is -3.56. The van der Waals surface area contributed by atoms with Crippen LogP contribution in [0.25, 0.3) is 0 Å². The van der Waals surface area contributed by atoms with Crippen molar-refractivity contribution in [2.24, 2.45) is 0 Å². The van der Waals surface area contributed by atoms with Gasteiger partial charge in [-0.25, -0.2) is 4.79 Å². The molecule has 0 unspecified atom stereocenters. The summed E-state index contributed by atoms with van der Waals surface area (Å²) in [7, 11) is 0. The molecule has 3 atom stereocenters. The number of alkyl halides is 3. The highest BCUT2D eigenvalue weighted by Gasteiger charge is 2.46. The number of rotatable bonds is 4. The molecule has 32 heavy (non-hydrogen) atoms. The number of piperazine rings is 1. The predicted octanol–water partition coefficient (Wildman–Crippen LogP) is 2.54. The third-order valence-corrected chi connectivity index (χ3v) is 5.59. The highest BCUT2D eigenvalue weighted by Crippen LogP contribution is 2.30. The zero-order valence-corrected chi connectivity index (χ0v) is 16.9. The van der Waals surface area contributed by atoms with E-state index in [9.17, 15) is 27.6 Å². The number of hydrogen-bond donors (Lipinski definition) is 3. The average molecular weight is 446 g/mol. The summed E-state index contributed by atoms with van der Waals surface area (Å²) < 4.78 is 37.9. The van der Waals surface area contributed by atoms with Crippen LogP contribution in [0.4, 0.5) is 23.7 Å². The van der Waals surface area contributed by atoms with Crippen LogP contribution in [0.15, 0.2) is 54.6 Å².